The summed E-state index contributed by atoms with van der Waals surface area (Å²) in [5.74, 6) is -1.71. The molecular formula is C28H25NO7. The van der Waals surface area contributed by atoms with Crippen molar-refractivity contribution in [1.29, 1.82) is 0 Å². The molecule has 1 amide bonds. The van der Waals surface area contributed by atoms with Crippen LogP contribution in [0.2, 0.25) is 0 Å². The van der Waals surface area contributed by atoms with Crippen LogP contribution >= 0.6 is 0 Å². The smallest absolute Gasteiger partial charge is 0.337 e. The van der Waals surface area contributed by atoms with Gasteiger partial charge >= 0.3 is 5.97 Å². The van der Waals surface area contributed by atoms with Crippen LogP contribution in [0.25, 0.3) is 5.76 Å². The van der Waals surface area contributed by atoms with Crippen LogP contribution in [0.4, 0.5) is 5.69 Å². The van der Waals surface area contributed by atoms with Gasteiger partial charge in [0, 0.05) is 5.69 Å². The average Bonchev–Trinajstić information content (AvgIpc) is 3.17. The van der Waals surface area contributed by atoms with Crippen molar-refractivity contribution in [3.63, 3.8) is 0 Å². The number of hydrogen-bond donors (Lipinski definition) is 1. The molecule has 36 heavy (non-hydrogen) atoms. The van der Waals surface area contributed by atoms with Crippen LogP contribution in [-0.4, -0.2) is 44.1 Å². The molecule has 0 aliphatic carbocycles. The Labute approximate surface area is 208 Å². The second kappa shape index (κ2) is 9.95. The molecule has 1 atom stereocenters. The number of ketones is 1. The van der Waals surface area contributed by atoms with Crippen molar-refractivity contribution in [3.05, 3.63) is 94.6 Å². The molecule has 0 bridgehead atoms. The van der Waals surface area contributed by atoms with Gasteiger partial charge in [-0.1, -0.05) is 29.8 Å². The molecular weight excluding hydrogens is 462 g/mol. The Bertz CT molecular complexity index is 1370. The molecule has 0 saturated carbocycles. The number of anilines is 1. The predicted molar refractivity (Wildman–Crippen MR) is 133 cm³/mol. The minimum Gasteiger partial charge on any atom is -0.507 e. The van der Waals surface area contributed by atoms with E-state index in [1.165, 1.54) is 32.3 Å². The molecule has 1 aliphatic heterocycles. The SMILES string of the molecule is COC(=O)c1cccc(N2C(=O)C(=O)/C(=C(/O)c3cc(C)ccc3OC)C2c2ccc(OC)cc2)c1. The Hall–Kier alpha value is -4.59. The number of nitrogens with zero attached hydrogens (tertiary/aromatic N) is 1. The highest BCUT2D eigenvalue weighted by atomic mass is 16.5. The number of carbonyl (C=O) groups excluding carboxylic acids is 3. The van der Waals surface area contributed by atoms with E-state index in [4.69, 9.17) is 14.2 Å². The second-order valence-electron chi connectivity index (χ2n) is 8.19. The highest BCUT2D eigenvalue weighted by molar-refractivity contribution is 6.51. The maximum absolute atomic E-state index is 13.4. The molecule has 1 unspecified atom stereocenters. The molecule has 184 valence electrons. The van der Waals surface area contributed by atoms with Gasteiger partial charge in [-0.05, 0) is 55.0 Å². The standard InChI is InChI=1S/C28H25NO7/c1-16-8-13-22(35-3)21(14-16)25(30)23-24(17-9-11-20(34-2)12-10-17)29(27(32)26(23)31)19-7-5-6-18(15-19)28(33)36-4/h5-15,24,30H,1-4H3/b25-23+. The van der Waals surface area contributed by atoms with Crippen LogP contribution in [0.15, 0.2) is 72.3 Å². The third kappa shape index (κ3) is 4.29. The lowest BCUT2D eigenvalue weighted by atomic mass is 9.94. The van der Waals surface area contributed by atoms with Gasteiger partial charge in [0.25, 0.3) is 11.7 Å². The lowest BCUT2D eigenvalue weighted by molar-refractivity contribution is -0.132. The summed E-state index contributed by atoms with van der Waals surface area (Å²) in [5, 5.41) is 11.4. The number of aliphatic hydroxyl groups excluding tert-OH is 1. The van der Waals surface area contributed by atoms with E-state index in [1.54, 1.807) is 54.6 Å². The zero-order valence-corrected chi connectivity index (χ0v) is 20.3. The van der Waals surface area contributed by atoms with Gasteiger partial charge in [-0.2, -0.15) is 0 Å². The number of methoxy groups -OCH3 is 3. The summed E-state index contributed by atoms with van der Waals surface area (Å²) in [7, 11) is 4.25. The van der Waals surface area contributed by atoms with Crippen LogP contribution in [-0.2, 0) is 14.3 Å². The number of benzene rings is 3. The van der Waals surface area contributed by atoms with Crippen LogP contribution < -0.4 is 14.4 Å². The van der Waals surface area contributed by atoms with Crippen molar-refractivity contribution < 1.29 is 33.7 Å². The summed E-state index contributed by atoms with van der Waals surface area (Å²) in [6.07, 6.45) is 0. The van der Waals surface area contributed by atoms with E-state index in [2.05, 4.69) is 0 Å². The second-order valence-corrected chi connectivity index (χ2v) is 8.19. The Morgan fingerprint density at radius 3 is 2.28 bits per heavy atom. The molecule has 0 aromatic heterocycles. The summed E-state index contributed by atoms with van der Waals surface area (Å²) in [4.78, 5) is 40.2. The van der Waals surface area contributed by atoms with E-state index in [0.29, 0.717) is 22.7 Å². The lowest BCUT2D eigenvalue weighted by Gasteiger charge is -2.26. The first-order chi connectivity index (χ1) is 17.3. The van der Waals surface area contributed by atoms with E-state index in [0.717, 1.165) is 5.56 Å². The van der Waals surface area contributed by atoms with Crippen molar-refractivity contribution in [3.8, 4) is 11.5 Å². The quantitative estimate of drug-likeness (QED) is 0.238. The highest BCUT2D eigenvalue weighted by Gasteiger charge is 2.47. The number of aryl methyl sites for hydroxylation is 1. The molecule has 1 saturated heterocycles. The number of rotatable bonds is 6. The normalized spacial score (nSPS) is 16.7. The first kappa shape index (κ1) is 24.5. The summed E-state index contributed by atoms with van der Waals surface area (Å²) in [5.41, 5.74) is 2.10. The molecule has 8 nitrogen and oxygen atoms in total. The topological polar surface area (TPSA) is 102 Å². The van der Waals surface area contributed by atoms with Crippen molar-refractivity contribution in [2.75, 3.05) is 26.2 Å². The Morgan fingerprint density at radius 2 is 1.64 bits per heavy atom. The van der Waals surface area contributed by atoms with Crippen molar-refractivity contribution in [2.45, 2.75) is 13.0 Å². The summed E-state index contributed by atoms with van der Waals surface area (Å²) in [6, 6.07) is 17.3. The van der Waals surface area contributed by atoms with Gasteiger partial charge in [0.15, 0.2) is 0 Å². The minimum atomic E-state index is -0.978. The van der Waals surface area contributed by atoms with Crippen molar-refractivity contribution in [2.24, 2.45) is 0 Å². The fourth-order valence-corrected chi connectivity index (χ4v) is 4.25. The summed E-state index contributed by atoms with van der Waals surface area (Å²) >= 11 is 0. The lowest BCUT2D eigenvalue weighted by Crippen LogP contribution is -2.29. The molecule has 4 rings (SSSR count). The summed E-state index contributed by atoms with van der Waals surface area (Å²) in [6.45, 7) is 1.84. The Morgan fingerprint density at radius 1 is 0.917 bits per heavy atom. The first-order valence-corrected chi connectivity index (χ1v) is 11.1. The van der Waals surface area contributed by atoms with E-state index < -0.39 is 23.7 Å². The predicted octanol–water partition coefficient (Wildman–Crippen LogP) is 4.43. The van der Waals surface area contributed by atoms with Gasteiger partial charge in [0.05, 0.1) is 44.1 Å². The van der Waals surface area contributed by atoms with E-state index in [9.17, 15) is 19.5 Å². The molecule has 0 radical (unpaired) electrons. The van der Waals surface area contributed by atoms with Crippen molar-refractivity contribution in [1.82, 2.24) is 0 Å². The molecule has 3 aromatic carbocycles. The van der Waals surface area contributed by atoms with E-state index in [-0.39, 0.29) is 22.5 Å². The van der Waals surface area contributed by atoms with Crippen LogP contribution in [0, 0.1) is 6.92 Å². The maximum atomic E-state index is 13.4. The maximum Gasteiger partial charge on any atom is 0.337 e. The highest BCUT2D eigenvalue weighted by Crippen LogP contribution is 2.43. The van der Waals surface area contributed by atoms with Crippen LogP contribution in [0.5, 0.6) is 11.5 Å². The number of ether oxygens (including phenoxy) is 3. The van der Waals surface area contributed by atoms with Gasteiger partial charge in [0.1, 0.15) is 17.3 Å². The molecule has 1 N–H and O–H groups in total. The van der Waals surface area contributed by atoms with E-state index in [1.807, 2.05) is 13.0 Å². The Kier molecular flexibility index (Phi) is 6.78. The van der Waals surface area contributed by atoms with Crippen LogP contribution in [0.1, 0.15) is 33.1 Å². The number of hydrogen-bond acceptors (Lipinski definition) is 7. The van der Waals surface area contributed by atoms with E-state index >= 15 is 0 Å². The fourth-order valence-electron chi connectivity index (χ4n) is 4.25. The number of aliphatic hydroxyl groups is 1. The van der Waals surface area contributed by atoms with Gasteiger partial charge in [-0.15, -0.1) is 0 Å². The third-order valence-electron chi connectivity index (χ3n) is 6.03. The monoisotopic (exact) mass is 487 g/mol. The number of amides is 1. The van der Waals surface area contributed by atoms with Crippen molar-refractivity contribution >= 4 is 29.1 Å². The first-order valence-electron chi connectivity index (χ1n) is 11.1. The zero-order valence-electron chi connectivity index (χ0n) is 20.3. The number of esters is 1. The zero-order chi connectivity index (χ0) is 26.0. The molecule has 1 aliphatic rings. The van der Waals surface area contributed by atoms with Gasteiger partial charge in [-0.3, -0.25) is 14.5 Å². The molecule has 1 heterocycles. The summed E-state index contributed by atoms with van der Waals surface area (Å²) < 4.78 is 15.5. The molecule has 3 aromatic rings. The van der Waals surface area contributed by atoms with Gasteiger partial charge < -0.3 is 19.3 Å². The largest absolute Gasteiger partial charge is 0.507 e. The van der Waals surface area contributed by atoms with Gasteiger partial charge in [-0.25, -0.2) is 4.79 Å². The van der Waals surface area contributed by atoms with Crippen LogP contribution in [0.3, 0.4) is 0 Å². The number of Topliss-reactive ketones (excluding diaryl/α,β-unsaturated/α-hetero) is 1. The van der Waals surface area contributed by atoms with Gasteiger partial charge in [0.2, 0.25) is 0 Å². The third-order valence-corrected chi connectivity index (χ3v) is 6.03. The average molecular weight is 488 g/mol. The Balaban J connectivity index is 1.97. The number of carbonyl (C=O) groups is 3. The molecule has 8 heteroatoms. The molecule has 0 spiro atoms. The fraction of sp³-hybridized carbons (Fsp3) is 0.179. The minimum absolute atomic E-state index is 0.0995. The molecule has 1 fully saturated rings.